The van der Waals surface area contributed by atoms with E-state index in [0.29, 0.717) is 36.0 Å². The van der Waals surface area contributed by atoms with Crippen molar-refractivity contribution in [2.75, 3.05) is 12.3 Å². The summed E-state index contributed by atoms with van der Waals surface area (Å²) in [5.41, 5.74) is 2.10. The fourth-order valence-electron chi connectivity index (χ4n) is 3.17. The molecule has 0 heterocycles. The van der Waals surface area contributed by atoms with E-state index in [-0.39, 0.29) is 11.8 Å². The molecule has 2 aromatic rings. The second-order valence-corrected chi connectivity index (χ2v) is 8.62. The molecule has 2 aromatic carbocycles. The van der Waals surface area contributed by atoms with Crippen LogP contribution >= 0.6 is 23.4 Å². The van der Waals surface area contributed by atoms with Gasteiger partial charge in [-0.1, -0.05) is 74.3 Å². The lowest BCUT2D eigenvalue weighted by Gasteiger charge is -2.30. The summed E-state index contributed by atoms with van der Waals surface area (Å²) in [6.45, 7) is 5.11. The van der Waals surface area contributed by atoms with Gasteiger partial charge in [0.25, 0.3) is 0 Å². The Morgan fingerprint density at radius 3 is 2.47 bits per heavy atom. The molecule has 0 aliphatic carbocycles. The van der Waals surface area contributed by atoms with Crippen molar-refractivity contribution in [2.24, 2.45) is 0 Å². The minimum absolute atomic E-state index is 0.0247. The third-order valence-electron chi connectivity index (χ3n) is 4.79. The fourth-order valence-corrected chi connectivity index (χ4v) is 4.24. The smallest absolute Gasteiger partial charge is 0.242 e. The standard InChI is InChI=1S/C24H31ClN2O2S/c1-3-5-14-26-24(29)22(4-2)27(16-19-10-7-6-8-11-19)23(28)18-30-17-20-12-9-13-21(25)15-20/h6-13,15,22H,3-5,14,16-18H2,1-2H3,(H,26,29)/t22-/m0/s1. The molecule has 0 fully saturated rings. The van der Waals surface area contributed by atoms with Crippen LogP contribution < -0.4 is 5.32 Å². The van der Waals surface area contributed by atoms with Gasteiger partial charge >= 0.3 is 0 Å². The van der Waals surface area contributed by atoms with Gasteiger partial charge in [0.05, 0.1) is 5.75 Å². The second-order valence-electron chi connectivity index (χ2n) is 7.20. The number of nitrogens with one attached hydrogen (secondary N) is 1. The number of hydrogen-bond acceptors (Lipinski definition) is 3. The van der Waals surface area contributed by atoms with Crippen LogP contribution in [0.1, 0.15) is 44.2 Å². The van der Waals surface area contributed by atoms with Gasteiger partial charge in [-0.05, 0) is 36.1 Å². The van der Waals surface area contributed by atoms with Crippen LogP contribution in [0.5, 0.6) is 0 Å². The van der Waals surface area contributed by atoms with Gasteiger partial charge in [-0.2, -0.15) is 0 Å². The molecule has 0 bridgehead atoms. The average Bonchev–Trinajstić information content (AvgIpc) is 2.74. The molecule has 162 valence electrons. The van der Waals surface area contributed by atoms with Crippen LogP contribution in [-0.4, -0.2) is 35.1 Å². The first-order chi connectivity index (χ1) is 14.5. The SMILES string of the molecule is CCCCNC(=O)[C@H](CC)N(Cc1ccccc1)C(=O)CSCc1cccc(Cl)c1. The minimum Gasteiger partial charge on any atom is -0.354 e. The highest BCUT2D eigenvalue weighted by Crippen LogP contribution is 2.19. The maximum atomic E-state index is 13.1. The molecule has 0 aliphatic heterocycles. The van der Waals surface area contributed by atoms with E-state index in [0.717, 1.165) is 24.0 Å². The van der Waals surface area contributed by atoms with Gasteiger partial charge in [0.15, 0.2) is 0 Å². The lowest BCUT2D eigenvalue weighted by molar-refractivity contribution is -0.139. The zero-order valence-corrected chi connectivity index (χ0v) is 19.3. The molecule has 0 radical (unpaired) electrons. The van der Waals surface area contributed by atoms with Gasteiger partial charge in [-0.3, -0.25) is 9.59 Å². The van der Waals surface area contributed by atoms with E-state index in [2.05, 4.69) is 12.2 Å². The van der Waals surface area contributed by atoms with Crippen LogP contribution in [0.15, 0.2) is 54.6 Å². The highest BCUT2D eigenvalue weighted by molar-refractivity contribution is 7.99. The Morgan fingerprint density at radius 2 is 1.80 bits per heavy atom. The van der Waals surface area contributed by atoms with Gasteiger partial charge in [-0.25, -0.2) is 0 Å². The Morgan fingerprint density at radius 1 is 1.07 bits per heavy atom. The zero-order valence-electron chi connectivity index (χ0n) is 17.8. The summed E-state index contributed by atoms with van der Waals surface area (Å²) in [6.07, 6.45) is 2.53. The van der Waals surface area contributed by atoms with Crippen molar-refractivity contribution >= 4 is 35.2 Å². The van der Waals surface area contributed by atoms with E-state index in [4.69, 9.17) is 11.6 Å². The van der Waals surface area contributed by atoms with Crippen molar-refractivity contribution in [1.82, 2.24) is 10.2 Å². The van der Waals surface area contributed by atoms with E-state index in [9.17, 15) is 9.59 Å². The normalized spacial score (nSPS) is 11.7. The summed E-state index contributed by atoms with van der Waals surface area (Å²) >= 11 is 7.59. The van der Waals surface area contributed by atoms with E-state index in [1.807, 2.05) is 61.5 Å². The maximum Gasteiger partial charge on any atom is 0.242 e. The van der Waals surface area contributed by atoms with Crippen LogP contribution in [0, 0.1) is 0 Å². The molecular formula is C24H31ClN2O2S. The highest BCUT2D eigenvalue weighted by atomic mass is 35.5. The molecule has 2 amide bonds. The van der Waals surface area contributed by atoms with Crippen molar-refractivity contribution in [2.45, 2.75) is 51.4 Å². The Bertz CT molecular complexity index is 801. The number of unbranched alkanes of at least 4 members (excludes halogenated alkanes) is 1. The zero-order chi connectivity index (χ0) is 21.8. The molecule has 2 rings (SSSR count). The number of halogens is 1. The Labute approximate surface area is 189 Å². The van der Waals surface area contributed by atoms with E-state index in [1.54, 1.807) is 16.7 Å². The Balaban J connectivity index is 2.06. The minimum atomic E-state index is -0.471. The molecule has 4 nitrogen and oxygen atoms in total. The largest absolute Gasteiger partial charge is 0.354 e. The molecule has 1 atom stereocenters. The Hall–Kier alpha value is -1.98. The number of amides is 2. The van der Waals surface area contributed by atoms with E-state index >= 15 is 0 Å². The number of nitrogens with zero attached hydrogens (tertiary/aromatic N) is 1. The van der Waals surface area contributed by atoms with Gasteiger partial charge in [0.1, 0.15) is 6.04 Å². The number of rotatable bonds is 12. The van der Waals surface area contributed by atoms with Crippen LogP contribution in [0.4, 0.5) is 0 Å². The molecule has 30 heavy (non-hydrogen) atoms. The van der Waals surface area contributed by atoms with Gasteiger partial charge < -0.3 is 10.2 Å². The molecule has 0 saturated carbocycles. The molecule has 0 spiro atoms. The van der Waals surface area contributed by atoms with Gasteiger partial charge in [-0.15, -0.1) is 11.8 Å². The fraction of sp³-hybridized carbons (Fsp3) is 0.417. The number of hydrogen-bond donors (Lipinski definition) is 1. The topological polar surface area (TPSA) is 49.4 Å². The second kappa shape index (κ2) is 13.3. The first-order valence-corrected chi connectivity index (χ1v) is 12.0. The third-order valence-corrected chi connectivity index (χ3v) is 6.02. The number of carbonyl (C=O) groups is 2. The predicted molar refractivity (Wildman–Crippen MR) is 127 cm³/mol. The Kier molecular flexibility index (Phi) is 10.8. The lowest BCUT2D eigenvalue weighted by atomic mass is 10.1. The van der Waals surface area contributed by atoms with Gasteiger partial charge in [0, 0.05) is 23.9 Å². The quantitative estimate of drug-likeness (QED) is 0.450. The molecule has 0 unspecified atom stereocenters. The molecule has 6 heteroatoms. The van der Waals surface area contributed by atoms with Crippen LogP contribution in [-0.2, 0) is 21.9 Å². The number of carbonyl (C=O) groups excluding carboxylic acids is 2. The van der Waals surface area contributed by atoms with Gasteiger partial charge in [0.2, 0.25) is 11.8 Å². The summed E-state index contributed by atoms with van der Waals surface area (Å²) in [7, 11) is 0. The van der Waals surface area contributed by atoms with Crippen molar-refractivity contribution < 1.29 is 9.59 Å². The first-order valence-electron chi connectivity index (χ1n) is 10.5. The van der Waals surface area contributed by atoms with Crippen molar-refractivity contribution in [3.8, 4) is 0 Å². The van der Waals surface area contributed by atoms with E-state index in [1.165, 1.54) is 0 Å². The third kappa shape index (κ3) is 8.04. The highest BCUT2D eigenvalue weighted by Gasteiger charge is 2.28. The molecule has 0 aliphatic rings. The number of benzene rings is 2. The van der Waals surface area contributed by atoms with Crippen molar-refractivity contribution in [3.63, 3.8) is 0 Å². The van der Waals surface area contributed by atoms with Crippen molar-refractivity contribution in [1.29, 1.82) is 0 Å². The molecule has 1 N–H and O–H groups in total. The summed E-state index contributed by atoms with van der Waals surface area (Å²) in [6, 6.07) is 17.0. The summed E-state index contributed by atoms with van der Waals surface area (Å²) < 4.78 is 0. The first kappa shape index (κ1) is 24.3. The average molecular weight is 447 g/mol. The maximum absolute atomic E-state index is 13.1. The van der Waals surface area contributed by atoms with E-state index < -0.39 is 6.04 Å². The van der Waals surface area contributed by atoms with Crippen LogP contribution in [0.3, 0.4) is 0 Å². The monoisotopic (exact) mass is 446 g/mol. The molecule has 0 aromatic heterocycles. The van der Waals surface area contributed by atoms with Crippen molar-refractivity contribution in [3.05, 3.63) is 70.7 Å². The van der Waals surface area contributed by atoms with Crippen LogP contribution in [0.2, 0.25) is 5.02 Å². The summed E-state index contributed by atoms with van der Waals surface area (Å²) in [5, 5.41) is 3.68. The summed E-state index contributed by atoms with van der Waals surface area (Å²) in [5.74, 6) is 0.918. The predicted octanol–water partition coefficient (Wildman–Crippen LogP) is 5.30. The molecular weight excluding hydrogens is 416 g/mol. The molecule has 0 saturated heterocycles. The summed E-state index contributed by atoms with van der Waals surface area (Å²) in [4.78, 5) is 27.7. The number of thioether (sulfide) groups is 1. The lowest BCUT2D eigenvalue weighted by Crippen LogP contribution is -2.49. The van der Waals surface area contributed by atoms with Crippen LogP contribution in [0.25, 0.3) is 0 Å².